The van der Waals surface area contributed by atoms with Crippen LogP contribution >= 0.6 is 46.9 Å². The van der Waals surface area contributed by atoms with E-state index in [0.717, 1.165) is 28.2 Å². The molecule has 1 aromatic heterocycles. The molecular weight excluding hydrogens is 493 g/mol. The molecule has 1 heterocycles. The van der Waals surface area contributed by atoms with E-state index in [0.29, 0.717) is 12.5 Å². The van der Waals surface area contributed by atoms with Gasteiger partial charge in [-0.3, -0.25) is 4.99 Å². The zero-order valence-corrected chi connectivity index (χ0v) is 20.4. The number of nitrogens with one attached hydrogen (secondary N) is 2. The highest BCUT2D eigenvalue weighted by atomic mass is 127. The molecule has 8 heteroatoms. The minimum Gasteiger partial charge on any atom is -0.354 e. The van der Waals surface area contributed by atoms with E-state index in [4.69, 9.17) is 11.6 Å². The molecule has 0 saturated carbocycles. The molecule has 0 fully saturated rings. The first-order chi connectivity index (χ1) is 12.4. The summed E-state index contributed by atoms with van der Waals surface area (Å²) >= 11 is 7.68. The quantitative estimate of drug-likeness (QED) is 0.320. The smallest absolute Gasteiger partial charge is 0.191 e. The number of likely N-dealkylation sites (N-methyl/N-ethyl adjacent to an activating group) is 1. The monoisotopic (exact) mass is 521 g/mol. The summed E-state index contributed by atoms with van der Waals surface area (Å²) in [6.45, 7) is 5.73. The minimum atomic E-state index is 0. The molecule has 0 aliphatic rings. The normalized spacial score (nSPS) is 12.8. The summed E-state index contributed by atoms with van der Waals surface area (Å²) in [6, 6.07) is 8.20. The Kier molecular flexibility index (Phi) is 10.6. The third-order valence-electron chi connectivity index (χ3n) is 4.13. The van der Waals surface area contributed by atoms with Crippen molar-refractivity contribution in [3.63, 3.8) is 0 Å². The number of guanidine groups is 1. The van der Waals surface area contributed by atoms with Crippen LogP contribution in [0.2, 0.25) is 5.02 Å². The van der Waals surface area contributed by atoms with Crippen molar-refractivity contribution in [2.45, 2.75) is 32.4 Å². The van der Waals surface area contributed by atoms with Crippen molar-refractivity contribution in [2.24, 2.45) is 4.99 Å². The predicted octanol–water partition coefficient (Wildman–Crippen LogP) is 4.51. The molecule has 1 unspecified atom stereocenters. The molecule has 0 bridgehead atoms. The van der Waals surface area contributed by atoms with Gasteiger partial charge in [-0.1, -0.05) is 37.6 Å². The molecule has 0 radical (unpaired) electrons. The predicted molar refractivity (Wildman–Crippen MR) is 128 cm³/mol. The van der Waals surface area contributed by atoms with Crippen LogP contribution in [0.15, 0.2) is 34.6 Å². The summed E-state index contributed by atoms with van der Waals surface area (Å²) in [5.74, 6) is 1.23. The number of rotatable bonds is 7. The topological polar surface area (TPSA) is 52.6 Å². The van der Waals surface area contributed by atoms with Gasteiger partial charge in [-0.25, -0.2) is 4.98 Å². The molecule has 2 aromatic rings. The highest BCUT2D eigenvalue weighted by Gasteiger charge is 2.15. The summed E-state index contributed by atoms with van der Waals surface area (Å²) in [5.41, 5.74) is 2.36. The average molecular weight is 522 g/mol. The van der Waals surface area contributed by atoms with Gasteiger partial charge >= 0.3 is 0 Å². The first kappa shape index (κ1) is 24.1. The van der Waals surface area contributed by atoms with E-state index >= 15 is 0 Å². The zero-order valence-electron chi connectivity index (χ0n) is 16.5. The highest BCUT2D eigenvalue weighted by Crippen LogP contribution is 2.20. The molecule has 0 saturated heterocycles. The summed E-state index contributed by atoms with van der Waals surface area (Å²) in [6.07, 6.45) is 0. The fourth-order valence-electron chi connectivity index (χ4n) is 2.53. The maximum absolute atomic E-state index is 6.00. The largest absolute Gasteiger partial charge is 0.354 e. The van der Waals surface area contributed by atoms with Gasteiger partial charge in [-0.15, -0.1) is 35.3 Å². The molecule has 27 heavy (non-hydrogen) atoms. The lowest BCUT2D eigenvalue weighted by Crippen LogP contribution is -2.41. The van der Waals surface area contributed by atoms with E-state index in [1.54, 1.807) is 18.4 Å². The molecule has 1 aromatic carbocycles. The lowest BCUT2D eigenvalue weighted by Gasteiger charge is -2.26. The van der Waals surface area contributed by atoms with Gasteiger partial charge in [0.1, 0.15) is 5.01 Å². The van der Waals surface area contributed by atoms with Gasteiger partial charge in [0.2, 0.25) is 0 Å². The van der Waals surface area contributed by atoms with E-state index < -0.39 is 0 Å². The van der Waals surface area contributed by atoms with Crippen LogP contribution in [0.1, 0.15) is 42.1 Å². The van der Waals surface area contributed by atoms with Gasteiger partial charge in [0.15, 0.2) is 5.96 Å². The molecule has 150 valence electrons. The Morgan fingerprint density at radius 3 is 2.41 bits per heavy atom. The Bertz CT molecular complexity index is 715. The van der Waals surface area contributed by atoms with Gasteiger partial charge in [0, 0.05) is 24.0 Å². The lowest BCUT2D eigenvalue weighted by molar-refractivity contribution is 0.298. The highest BCUT2D eigenvalue weighted by molar-refractivity contribution is 14.0. The van der Waals surface area contributed by atoms with Crippen molar-refractivity contribution in [3.8, 4) is 0 Å². The second-order valence-electron chi connectivity index (χ2n) is 6.66. The summed E-state index contributed by atoms with van der Waals surface area (Å²) in [7, 11) is 5.92. The molecular formula is C19H29ClIN5S. The number of nitrogens with zero attached hydrogens (tertiary/aromatic N) is 3. The Morgan fingerprint density at radius 1 is 1.22 bits per heavy atom. The third-order valence-corrected chi connectivity index (χ3v) is 5.25. The summed E-state index contributed by atoms with van der Waals surface area (Å²) in [5, 5.41) is 10.7. The number of aliphatic imine (C=N–C) groups is 1. The van der Waals surface area contributed by atoms with E-state index in [9.17, 15) is 0 Å². The second kappa shape index (κ2) is 11.8. The summed E-state index contributed by atoms with van der Waals surface area (Å²) < 4.78 is 0. The zero-order chi connectivity index (χ0) is 19.1. The molecule has 0 aliphatic heterocycles. The van der Waals surface area contributed by atoms with E-state index in [2.05, 4.69) is 71.0 Å². The van der Waals surface area contributed by atoms with Crippen LogP contribution in [-0.2, 0) is 6.54 Å². The first-order valence-electron chi connectivity index (χ1n) is 8.71. The fraction of sp³-hybridized carbons (Fsp3) is 0.474. The van der Waals surface area contributed by atoms with Crippen LogP contribution < -0.4 is 10.6 Å². The molecule has 2 N–H and O–H groups in total. The maximum atomic E-state index is 6.00. The number of aromatic nitrogens is 1. The molecule has 2 rings (SSSR count). The number of thiazole rings is 1. The number of benzene rings is 1. The minimum absolute atomic E-state index is 0. The fourth-order valence-corrected chi connectivity index (χ4v) is 3.55. The van der Waals surface area contributed by atoms with Crippen LogP contribution in [0, 0.1) is 0 Å². The van der Waals surface area contributed by atoms with Crippen LogP contribution in [0.25, 0.3) is 0 Å². The molecule has 0 amide bonds. The van der Waals surface area contributed by atoms with E-state index in [-0.39, 0.29) is 30.0 Å². The van der Waals surface area contributed by atoms with Crippen LogP contribution in [0.4, 0.5) is 0 Å². The number of hydrogen-bond donors (Lipinski definition) is 2. The molecule has 1 atom stereocenters. The van der Waals surface area contributed by atoms with Crippen molar-refractivity contribution in [3.05, 3.63) is 50.9 Å². The Balaban J connectivity index is 0.00000364. The second-order valence-corrected chi connectivity index (χ2v) is 8.04. The first-order valence-corrected chi connectivity index (χ1v) is 9.97. The van der Waals surface area contributed by atoms with Crippen molar-refractivity contribution in [1.82, 2.24) is 20.5 Å². The van der Waals surface area contributed by atoms with Crippen LogP contribution in [0.5, 0.6) is 0 Å². The summed E-state index contributed by atoms with van der Waals surface area (Å²) in [4.78, 5) is 11.1. The molecule has 0 spiro atoms. The SMILES string of the molecule is CN=C(NCc1nc(C(C)C)cs1)NCC(c1ccc(Cl)cc1)N(C)C.I. The maximum Gasteiger partial charge on any atom is 0.191 e. The van der Waals surface area contributed by atoms with E-state index in [1.807, 2.05) is 12.1 Å². The van der Waals surface area contributed by atoms with Crippen LogP contribution in [0.3, 0.4) is 0 Å². The lowest BCUT2D eigenvalue weighted by atomic mass is 10.1. The van der Waals surface area contributed by atoms with Crippen molar-refractivity contribution in [2.75, 3.05) is 27.7 Å². The Hall–Kier alpha value is -0.900. The third kappa shape index (κ3) is 7.56. The van der Waals surface area contributed by atoms with E-state index in [1.165, 1.54) is 5.56 Å². The van der Waals surface area contributed by atoms with Crippen LogP contribution in [-0.4, -0.2) is 43.5 Å². The van der Waals surface area contributed by atoms with Crippen molar-refractivity contribution >= 4 is 52.9 Å². The Labute approximate surface area is 188 Å². The van der Waals surface area contributed by atoms with Gasteiger partial charge in [-0.2, -0.15) is 0 Å². The molecule has 0 aliphatic carbocycles. The average Bonchev–Trinajstić information content (AvgIpc) is 3.08. The van der Waals surface area contributed by atoms with Gasteiger partial charge < -0.3 is 15.5 Å². The van der Waals surface area contributed by atoms with Gasteiger partial charge in [0.25, 0.3) is 0 Å². The van der Waals surface area contributed by atoms with Gasteiger partial charge in [0.05, 0.1) is 18.3 Å². The van der Waals surface area contributed by atoms with Gasteiger partial charge in [-0.05, 0) is 37.7 Å². The number of halogens is 2. The standard InChI is InChI=1S/C19H28ClN5S.HI/c1-13(2)16-12-26-18(24-16)11-23-19(21-3)22-10-17(25(4)5)14-6-8-15(20)9-7-14;/h6-9,12-13,17H,10-11H2,1-5H3,(H2,21,22,23);1H. The number of hydrogen-bond acceptors (Lipinski definition) is 4. The molecule has 5 nitrogen and oxygen atoms in total. The van der Waals surface area contributed by atoms with Crippen molar-refractivity contribution in [1.29, 1.82) is 0 Å². The Morgan fingerprint density at radius 2 is 1.89 bits per heavy atom. The van der Waals surface area contributed by atoms with Crippen molar-refractivity contribution < 1.29 is 0 Å².